The summed E-state index contributed by atoms with van der Waals surface area (Å²) in [7, 11) is 0. The smallest absolute Gasteiger partial charge is 0.0528 e. The van der Waals surface area contributed by atoms with Gasteiger partial charge in [-0.3, -0.25) is 0 Å². The van der Waals surface area contributed by atoms with Crippen molar-refractivity contribution in [3.8, 4) is 0 Å². The molecule has 1 heterocycles. The highest BCUT2D eigenvalue weighted by Crippen LogP contribution is 2.21. The molecule has 0 N–H and O–H groups in total. The zero-order chi connectivity index (χ0) is 14.8. The van der Waals surface area contributed by atoms with E-state index in [0.717, 1.165) is 6.42 Å². The summed E-state index contributed by atoms with van der Waals surface area (Å²) in [4.78, 5) is 0. The molecule has 1 nitrogen and oxygen atoms in total. The Morgan fingerprint density at radius 1 is 0.900 bits per heavy atom. The number of hydrogen-bond acceptors (Lipinski definition) is 0. The maximum atomic E-state index is 2.22. The van der Waals surface area contributed by atoms with E-state index in [1.165, 1.54) is 16.6 Å². The predicted octanol–water partition coefficient (Wildman–Crippen LogP) is 6.05. The van der Waals surface area contributed by atoms with E-state index < -0.39 is 0 Å². The second kappa shape index (κ2) is 8.98. The number of nitrogens with zero attached hydrogens (tertiary/aromatic N) is 1. The van der Waals surface area contributed by atoms with Crippen LogP contribution in [0, 0.1) is 0 Å². The second-order valence-electron chi connectivity index (χ2n) is 3.90. The van der Waals surface area contributed by atoms with Crippen LogP contribution in [-0.4, -0.2) is 4.57 Å². The SMILES string of the molecule is C1=CCC=CC(n2ccc3ccccc32)=C1.CC.CC. The summed E-state index contributed by atoms with van der Waals surface area (Å²) in [6.45, 7) is 8.00. The van der Waals surface area contributed by atoms with E-state index >= 15 is 0 Å². The van der Waals surface area contributed by atoms with Crippen molar-refractivity contribution in [3.63, 3.8) is 0 Å². The van der Waals surface area contributed by atoms with Crippen LogP contribution in [0.5, 0.6) is 0 Å². The zero-order valence-electron chi connectivity index (χ0n) is 13.0. The van der Waals surface area contributed by atoms with Crippen LogP contribution < -0.4 is 0 Å². The molecule has 1 aromatic heterocycles. The van der Waals surface area contributed by atoms with E-state index in [4.69, 9.17) is 0 Å². The average Bonchev–Trinajstić information content (AvgIpc) is 2.78. The van der Waals surface area contributed by atoms with Gasteiger partial charge in [0.25, 0.3) is 0 Å². The van der Waals surface area contributed by atoms with Crippen LogP contribution in [-0.2, 0) is 0 Å². The number of rotatable bonds is 1. The molecule has 3 rings (SSSR count). The van der Waals surface area contributed by atoms with Crippen LogP contribution in [0.3, 0.4) is 0 Å². The number of allylic oxidation sites excluding steroid dienone is 6. The summed E-state index contributed by atoms with van der Waals surface area (Å²) in [5, 5.41) is 1.28. The first kappa shape index (κ1) is 16.0. The lowest BCUT2D eigenvalue weighted by molar-refractivity contribution is 1.18. The van der Waals surface area contributed by atoms with Crippen molar-refractivity contribution < 1.29 is 0 Å². The normalized spacial score (nSPS) is 12.7. The summed E-state index contributed by atoms with van der Waals surface area (Å²) in [6.07, 6.45) is 13.9. The van der Waals surface area contributed by atoms with Gasteiger partial charge >= 0.3 is 0 Å². The largest absolute Gasteiger partial charge is 0.317 e. The van der Waals surface area contributed by atoms with Crippen LogP contribution in [0.25, 0.3) is 16.6 Å². The molecule has 2 aromatic rings. The Kier molecular flexibility index (Phi) is 7.20. The molecular formula is C19H25N. The van der Waals surface area contributed by atoms with E-state index in [1.54, 1.807) is 0 Å². The van der Waals surface area contributed by atoms with E-state index in [0.29, 0.717) is 0 Å². The van der Waals surface area contributed by atoms with Gasteiger partial charge in [-0.2, -0.15) is 0 Å². The molecule has 0 radical (unpaired) electrons. The number of para-hydroxylation sites is 1. The number of aromatic nitrogens is 1. The molecule has 0 atom stereocenters. The highest BCUT2D eigenvalue weighted by atomic mass is 15.0. The predicted molar refractivity (Wildman–Crippen MR) is 91.8 cm³/mol. The first-order valence-corrected chi connectivity index (χ1v) is 7.55. The third-order valence-corrected chi connectivity index (χ3v) is 2.84. The summed E-state index contributed by atoms with van der Waals surface area (Å²) < 4.78 is 2.22. The summed E-state index contributed by atoms with van der Waals surface area (Å²) >= 11 is 0. The summed E-state index contributed by atoms with van der Waals surface area (Å²) in [5.74, 6) is 0. The minimum atomic E-state index is 1.01. The van der Waals surface area contributed by atoms with Crippen molar-refractivity contribution in [2.75, 3.05) is 0 Å². The quantitative estimate of drug-likeness (QED) is 0.592. The van der Waals surface area contributed by atoms with Gasteiger partial charge in [-0.1, -0.05) is 64.1 Å². The van der Waals surface area contributed by atoms with Gasteiger partial charge in [-0.15, -0.1) is 0 Å². The maximum absolute atomic E-state index is 2.22. The monoisotopic (exact) mass is 267 g/mol. The molecule has 106 valence electrons. The molecule has 0 saturated carbocycles. The van der Waals surface area contributed by atoms with Gasteiger partial charge < -0.3 is 4.57 Å². The Morgan fingerprint density at radius 3 is 2.45 bits per heavy atom. The molecule has 0 saturated heterocycles. The van der Waals surface area contributed by atoms with Crippen LogP contribution in [0.1, 0.15) is 34.1 Å². The lowest BCUT2D eigenvalue weighted by Crippen LogP contribution is -1.91. The van der Waals surface area contributed by atoms with E-state index in [-0.39, 0.29) is 0 Å². The fourth-order valence-corrected chi connectivity index (χ4v) is 2.04. The zero-order valence-corrected chi connectivity index (χ0v) is 13.0. The van der Waals surface area contributed by atoms with Gasteiger partial charge in [0.05, 0.1) is 5.52 Å². The third-order valence-electron chi connectivity index (χ3n) is 2.84. The molecule has 0 aliphatic heterocycles. The molecule has 1 aliphatic carbocycles. The van der Waals surface area contributed by atoms with Crippen molar-refractivity contribution in [1.82, 2.24) is 4.57 Å². The molecule has 0 bridgehead atoms. The van der Waals surface area contributed by atoms with Crippen LogP contribution in [0.15, 0.2) is 66.9 Å². The maximum Gasteiger partial charge on any atom is 0.0528 e. The second-order valence-corrected chi connectivity index (χ2v) is 3.90. The van der Waals surface area contributed by atoms with Gasteiger partial charge in [0.2, 0.25) is 0 Å². The van der Waals surface area contributed by atoms with Gasteiger partial charge in [-0.25, -0.2) is 0 Å². The van der Waals surface area contributed by atoms with Gasteiger partial charge in [0, 0.05) is 11.9 Å². The van der Waals surface area contributed by atoms with Gasteiger partial charge in [0.1, 0.15) is 0 Å². The molecule has 1 aliphatic rings. The molecule has 1 aromatic carbocycles. The molecule has 0 fully saturated rings. The fourth-order valence-electron chi connectivity index (χ4n) is 2.04. The molecule has 20 heavy (non-hydrogen) atoms. The molecule has 0 amide bonds. The Morgan fingerprint density at radius 2 is 1.65 bits per heavy atom. The Labute approximate surface area is 122 Å². The van der Waals surface area contributed by atoms with Crippen molar-refractivity contribution in [3.05, 3.63) is 66.9 Å². The minimum Gasteiger partial charge on any atom is -0.317 e. The van der Waals surface area contributed by atoms with E-state index in [2.05, 4.69) is 71.5 Å². The highest BCUT2D eigenvalue weighted by Gasteiger charge is 2.02. The van der Waals surface area contributed by atoms with E-state index in [1.807, 2.05) is 27.7 Å². The molecule has 0 spiro atoms. The standard InChI is InChI=1S/C15H13N.2C2H6/c1-2-4-9-14(8-3-1)16-12-11-13-7-5-6-10-15(13)16;2*1-2/h1,3-12H,2H2;2*1-2H3. The average molecular weight is 267 g/mol. The highest BCUT2D eigenvalue weighted by molar-refractivity contribution is 5.84. The van der Waals surface area contributed by atoms with Gasteiger partial charge in [-0.05, 0) is 36.1 Å². The van der Waals surface area contributed by atoms with Crippen LogP contribution in [0.2, 0.25) is 0 Å². The van der Waals surface area contributed by atoms with Crippen LogP contribution >= 0.6 is 0 Å². The van der Waals surface area contributed by atoms with E-state index in [9.17, 15) is 0 Å². The fraction of sp³-hybridized carbons (Fsp3) is 0.263. The number of hydrogen-bond donors (Lipinski definition) is 0. The van der Waals surface area contributed by atoms with Crippen molar-refractivity contribution in [2.45, 2.75) is 34.1 Å². The van der Waals surface area contributed by atoms with Gasteiger partial charge in [0.15, 0.2) is 0 Å². The first-order chi connectivity index (χ1) is 9.95. The topological polar surface area (TPSA) is 4.93 Å². The Bertz CT molecular complexity index is 597. The van der Waals surface area contributed by atoms with Crippen LogP contribution in [0.4, 0.5) is 0 Å². The Balaban J connectivity index is 0.000000461. The van der Waals surface area contributed by atoms with Crippen molar-refractivity contribution in [2.24, 2.45) is 0 Å². The van der Waals surface area contributed by atoms with Crippen molar-refractivity contribution in [1.29, 1.82) is 0 Å². The summed E-state index contributed by atoms with van der Waals surface area (Å²) in [5.41, 5.74) is 2.48. The molecule has 1 heteroatoms. The lowest BCUT2D eigenvalue weighted by Gasteiger charge is -2.05. The van der Waals surface area contributed by atoms with Crippen molar-refractivity contribution >= 4 is 16.6 Å². The number of benzene rings is 1. The number of fused-ring (bicyclic) bond motifs is 1. The lowest BCUT2D eigenvalue weighted by atomic mass is 10.2. The summed E-state index contributed by atoms with van der Waals surface area (Å²) in [6, 6.07) is 10.6. The molecule has 0 unspecified atom stereocenters. The molecular weight excluding hydrogens is 242 g/mol. The first-order valence-electron chi connectivity index (χ1n) is 7.55. The minimum absolute atomic E-state index is 1.01. The third kappa shape index (κ3) is 3.74. The Hall–Kier alpha value is -2.02.